The van der Waals surface area contributed by atoms with Crippen molar-refractivity contribution < 1.29 is 13.2 Å². The minimum atomic E-state index is -3.09. The molecule has 2 aromatic carbocycles. The largest absolute Gasteiger partial charge is 0.311 e. The first-order valence-electron chi connectivity index (χ1n) is 8.51. The normalized spacial score (nSPS) is 18.8. The van der Waals surface area contributed by atoms with Crippen LogP contribution in [-0.4, -0.2) is 35.6 Å². The number of rotatable bonds is 4. The predicted octanol–water partition coefficient (Wildman–Crippen LogP) is 2.46. The van der Waals surface area contributed by atoms with Crippen molar-refractivity contribution in [3.05, 3.63) is 60.3 Å². The van der Waals surface area contributed by atoms with Gasteiger partial charge in [-0.25, -0.2) is 13.1 Å². The molecule has 1 aromatic heterocycles. The van der Waals surface area contributed by atoms with Crippen LogP contribution < -0.4 is 5.32 Å². The number of anilines is 1. The van der Waals surface area contributed by atoms with Gasteiger partial charge >= 0.3 is 0 Å². The summed E-state index contributed by atoms with van der Waals surface area (Å²) in [4.78, 5) is 12.4. The number of benzene rings is 2. The van der Waals surface area contributed by atoms with Crippen LogP contribution in [-0.2, 0) is 21.2 Å². The smallest absolute Gasteiger partial charge is 0.229 e. The maximum atomic E-state index is 12.4. The highest BCUT2D eigenvalue weighted by atomic mass is 32.2. The second-order valence-electron chi connectivity index (χ2n) is 6.60. The average Bonchev–Trinajstić information content (AvgIpc) is 3.21. The first kappa shape index (κ1) is 16.8. The molecule has 0 radical (unpaired) electrons. The van der Waals surface area contributed by atoms with Gasteiger partial charge in [-0.15, -0.1) is 0 Å². The molecule has 4 rings (SSSR count). The van der Waals surface area contributed by atoms with Gasteiger partial charge in [0, 0.05) is 6.07 Å². The van der Waals surface area contributed by atoms with Gasteiger partial charge in [-0.3, -0.25) is 4.79 Å². The van der Waals surface area contributed by atoms with Gasteiger partial charge in [-0.2, -0.15) is 5.10 Å². The zero-order valence-electron chi connectivity index (χ0n) is 14.1. The number of sulfone groups is 1. The lowest BCUT2D eigenvalue weighted by atomic mass is 10.0. The van der Waals surface area contributed by atoms with Crippen molar-refractivity contribution in [3.63, 3.8) is 0 Å². The Bertz CT molecular complexity index is 1070. The highest BCUT2D eigenvalue weighted by molar-refractivity contribution is 7.91. The zero-order chi connectivity index (χ0) is 18.1. The quantitative estimate of drug-likeness (QED) is 0.766. The maximum absolute atomic E-state index is 12.4. The molecule has 0 saturated carbocycles. The second kappa shape index (κ2) is 6.57. The average molecular weight is 369 g/mol. The summed E-state index contributed by atoms with van der Waals surface area (Å²) in [5.41, 5.74) is 1.10. The van der Waals surface area contributed by atoms with Crippen LogP contribution in [0.1, 0.15) is 12.0 Å². The van der Waals surface area contributed by atoms with Gasteiger partial charge in [0.2, 0.25) is 5.91 Å². The van der Waals surface area contributed by atoms with E-state index in [1.165, 1.54) is 0 Å². The SMILES string of the molecule is O=C(Nc1ccnn1Cc1cccc2ccccc12)C1CCS(=O)(=O)C1. The van der Waals surface area contributed by atoms with Gasteiger partial charge in [0.1, 0.15) is 5.82 Å². The Morgan fingerprint density at radius 2 is 1.96 bits per heavy atom. The van der Waals surface area contributed by atoms with Crippen LogP contribution in [0.2, 0.25) is 0 Å². The third kappa shape index (κ3) is 3.35. The van der Waals surface area contributed by atoms with Crippen molar-refractivity contribution in [2.45, 2.75) is 13.0 Å². The minimum Gasteiger partial charge on any atom is -0.311 e. The number of amides is 1. The fraction of sp³-hybridized carbons (Fsp3) is 0.263. The summed E-state index contributed by atoms with van der Waals surface area (Å²) < 4.78 is 24.9. The second-order valence-corrected chi connectivity index (χ2v) is 8.83. The van der Waals surface area contributed by atoms with Gasteiger partial charge < -0.3 is 5.32 Å². The van der Waals surface area contributed by atoms with Gasteiger partial charge in [0.15, 0.2) is 9.84 Å². The van der Waals surface area contributed by atoms with Crippen LogP contribution in [0.25, 0.3) is 10.8 Å². The molecule has 0 bridgehead atoms. The molecule has 134 valence electrons. The van der Waals surface area contributed by atoms with Gasteiger partial charge in [0.25, 0.3) is 0 Å². The highest BCUT2D eigenvalue weighted by Gasteiger charge is 2.33. The highest BCUT2D eigenvalue weighted by Crippen LogP contribution is 2.22. The summed E-state index contributed by atoms with van der Waals surface area (Å²) in [5.74, 6) is -0.157. The molecule has 6 nitrogen and oxygen atoms in total. The summed E-state index contributed by atoms with van der Waals surface area (Å²) >= 11 is 0. The molecule has 7 heteroatoms. The summed E-state index contributed by atoms with van der Waals surface area (Å²) in [7, 11) is -3.09. The molecule has 1 amide bonds. The van der Waals surface area contributed by atoms with E-state index in [1.54, 1.807) is 16.9 Å². The molecule has 1 atom stereocenters. The van der Waals surface area contributed by atoms with Crippen LogP contribution in [0.15, 0.2) is 54.7 Å². The lowest BCUT2D eigenvalue weighted by Crippen LogP contribution is -2.25. The molecule has 0 spiro atoms. The van der Waals surface area contributed by atoms with E-state index in [0.717, 1.165) is 16.3 Å². The van der Waals surface area contributed by atoms with Crippen molar-refractivity contribution in [1.82, 2.24) is 9.78 Å². The molecular formula is C19H19N3O3S. The summed E-state index contributed by atoms with van der Waals surface area (Å²) in [6.07, 6.45) is 2.01. The standard InChI is InChI=1S/C19H19N3O3S/c23-19(16-9-11-26(24,25)13-16)21-18-8-10-20-22(18)12-15-6-3-5-14-4-1-2-7-17(14)15/h1-8,10,16H,9,11-13H2,(H,21,23). The topological polar surface area (TPSA) is 81.1 Å². The molecule has 26 heavy (non-hydrogen) atoms. The minimum absolute atomic E-state index is 0.0731. The molecule has 1 aliphatic rings. The Kier molecular flexibility index (Phi) is 4.24. The fourth-order valence-corrected chi connectivity index (χ4v) is 5.13. The van der Waals surface area contributed by atoms with E-state index in [2.05, 4.69) is 28.6 Å². The van der Waals surface area contributed by atoms with E-state index in [9.17, 15) is 13.2 Å². The molecule has 0 aliphatic carbocycles. The molecule has 1 N–H and O–H groups in total. The number of carbonyl (C=O) groups is 1. The molecule has 1 aliphatic heterocycles. The summed E-state index contributed by atoms with van der Waals surface area (Å²) in [6, 6.07) is 16.0. The number of fused-ring (bicyclic) bond motifs is 1. The lowest BCUT2D eigenvalue weighted by Gasteiger charge is -2.13. The Hall–Kier alpha value is -2.67. The number of hydrogen-bond donors (Lipinski definition) is 1. The Labute approximate surface area is 151 Å². The molecule has 1 unspecified atom stereocenters. The van der Waals surface area contributed by atoms with E-state index in [0.29, 0.717) is 18.8 Å². The third-order valence-corrected chi connectivity index (χ3v) is 6.54. The summed E-state index contributed by atoms with van der Waals surface area (Å²) in [6.45, 7) is 0.521. The van der Waals surface area contributed by atoms with Crippen LogP contribution in [0.3, 0.4) is 0 Å². The van der Waals surface area contributed by atoms with E-state index in [4.69, 9.17) is 0 Å². The van der Waals surface area contributed by atoms with E-state index in [-0.39, 0.29) is 17.4 Å². The molecule has 1 fully saturated rings. The number of aromatic nitrogens is 2. The first-order chi connectivity index (χ1) is 12.5. The maximum Gasteiger partial charge on any atom is 0.229 e. The van der Waals surface area contributed by atoms with E-state index < -0.39 is 15.8 Å². The number of carbonyl (C=O) groups excluding carboxylic acids is 1. The van der Waals surface area contributed by atoms with Crippen LogP contribution in [0.4, 0.5) is 5.82 Å². The third-order valence-electron chi connectivity index (χ3n) is 4.77. The van der Waals surface area contributed by atoms with Crippen molar-refractivity contribution >= 4 is 32.3 Å². The predicted molar refractivity (Wildman–Crippen MR) is 101 cm³/mol. The molecule has 2 heterocycles. The molecule has 1 saturated heterocycles. The number of hydrogen-bond acceptors (Lipinski definition) is 4. The fourth-order valence-electron chi connectivity index (χ4n) is 3.39. The van der Waals surface area contributed by atoms with Crippen molar-refractivity contribution in [2.75, 3.05) is 16.8 Å². The van der Waals surface area contributed by atoms with Crippen LogP contribution in [0, 0.1) is 5.92 Å². The van der Waals surface area contributed by atoms with E-state index >= 15 is 0 Å². The Balaban J connectivity index is 1.55. The van der Waals surface area contributed by atoms with Crippen molar-refractivity contribution in [3.8, 4) is 0 Å². The number of nitrogens with one attached hydrogen (secondary N) is 1. The van der Waals surface area contributed by atoms with Crippen molar-refractivity contribution in [2.24, 2.45) is 5.92 Å². The summed E-state index contributed by atoms with van der Waals surface area (Å²) in [5, 5.41) is 9.44. The number of nitrogens with zero attached hydrogens (tertiary/aromatic N) is 2. The van der Waals surface area contributed by atoms with Gasteiger partial charge in [0.05, 0.1) is 30.2 Å². The van der Waals surface area contributed by atoms with E-state index in [1.807, 2.05) is 24.3 Å². The first-order valence-corrected chi connectivity index (χ1v) is 10.3. The zero-order valence-corrected chi connectivity index (χ0v) is 14.9. The van der Waals surface area contributed by atoms with Crippen LogP contribution >= 0.6 is 0 Å². The van der Waals surface area contributed by atoms with Gasteiger partial charge in [-0.1, -0.05) is 42.5 Å². The van der Waals surface area contributed by atoms with Gasteiger partial charge in [-0.05, 0) is 22.8 Å². The van der Waals surface area contributed by atoms with Crippen LogP contribution in [0.5, 0.6) is 0 Å². The Morgan fingerprint density at radius 1 is 1.15 bits per heavy atom. The molecular weight excluding hydrogens is 350 g/mol. The van der Waals surface area contributed by atoms with Crippen molar-refractivity contribution in [1.29, 1.82) is 0 Å². The molecule has 3 aromatic rings. The monoisotopic (exact) mass is 369 g/mol. The lowest BCUT2D eigenvalue weighted by molar-refractivity contribution is -0.119. The Morgan fingerprint density at radius 3 is 2.77 bits per heavy atom.